The number of hydrogen-bond donors (Lipinski definition) is 2. The summed E-state index contributed by atoms with van der Waals surface area (Å²) in [5.74, 6) is 0.171. The van der Waals surface area contributed by atoms with Crippen molar-refractivity contribution in [3.63, 3.8) is 0 Å². The molecule has 0 saturated carbocycles. The summed E-state index contributed by atoms with van der Waals surface area (Å²) in [5.41, 5.74) is 6.07. The van der Waals surface area contributed by atoms with Gasteiger partial charge in [-0.15, -0.1) is 0 Å². The van der Waals surface area contributed by atoms with Crippen LogP contribution in [0.2, 0.25) is 0 Å². The van der Waals surface area contributed by atoms with Crippen LogP contribution in [0.5, 0.6) is 5.75 Å². The molecule has 1 amide bonds. The zero-order valence-corrected chi connectivity index (χ0v) is 27.0. The third-order valence-corrected chi connectivity index (χ3v) is 8.37. The summed E-state index contributed by atoms with van der Waals surface area (Å²) in [6, 6.07) is 11.8. The van der Waals surface area contributed by atoms with Crippen LogP contribution in [0.15, 0.2) is 60.8 Å². The van der Waals surface area contributed by atoms with Gasteiger partial charge in [0.15, 0.2) is 5.82 Å². The molecule has 1 atom stereocenters. The lowest BCUT2D eigenvalue weighted by atomic mass is 9.71. The van der Waals surface area contributed by atoms with Gasteiger partial charge in [-0.2, -0.15) is 0 Å². The third kappa shape index (κ3) is 7.18. The fourth-order valence-electron chi connectivity index (χ4n) is 6.19. The Labute approximate surface area is 265 Å². The highest BCUT2D eigenvalue weighted by Gasteiger charge is 2.35. The Morgan fingerprint density at radius 3 is 2.71 bits per heavy atom. The van der Waals surface area contributed by atoms with Crippen LogP contribution >= 0.6 is 0 Å². The molecule has 1 fully saturated rings. The number of aromatic nitrogens is 2. The highest BCUT2D eigenvalue weighted by molar-refractivity contribution is 6.02. The Morgan fingerprint density at radius 2 is 1.98 bits per heavy atom. The highest BCUT2D eigenvalue weighted by Crippen LogP contribution is 2.47. The van der Waals surface area contributed by atoms with E-state index in [0.717, 1.165) is 41.8 Å². The fourth-order valence-corrected chi connectivity index (χ4v) is 6.19. The van der Waals surface area contributed by atoms with Crippen molar-refractivity contribution in [1.82, 2.24) is 14.9 Å². The van der Waals surface area contributed by atoms with Gasteiger partial charge in [-0.05, 0) is 67.1 Å². The summed E-state index contributed by atoms with van der Waals surface area (Å²) in [6.45, 7) is 10.6. The Balaban J connectivity index is 1.55. The topological polar surface area (TPSA) is 91.8 Å². The van der Waals surface area contributed by atoms with Crippen molar-refractivity contribution in [3.8, 4) is 5.75 Å². The molecule has 2 aliphatic rings. The van der Waals surface area contributed by atoms with Crippen molar-refractivity contribution < 1.29 is 18.7 Å². The predicted octanol–water partition coefficient (Wildman–Crippen LogP) is 6.23. The molecule has 45 heavy (non-hydrogen) atoms. The molecule has 2 aromatic carbocycles. The SMILES string of the molecule is C=CC(=O)Nc1cc(Nc2ncc(F)c(C3=C4COCC(C)(C)CC(C4)c4ccccc43)n2)c(OC)cc1N(C)CCN(C)C. The average molecular weight is 615 g/mol. The largest absolute Gasteiger partial charge is 0.494 e. The van der Waals surface area contributed by atoms with Gasteiger partial charge in [0.25, 0.3) is 0 Å². The molecule has 1 aliphatic heterocycles. The number of nitrogens with one attached hydrogen (secondary N) is 2. The van der Waals surface area contributed by atoms with Gasteiger partial charge in [0.2, 0.25) is 11.9 Å². The van der Waals surface area contributed by atoms with E-state index in [1.54, 1.807) is 13.2 Å². The first-order valence-electron chi connectivity index (χ1n) is 15.2. The number of hydrogen-bond acceptors (Lipinski definition) is 8. The van der Waals surface area contributed by atoms with Gasteiger partial charge in [-0.3, -0.25) is 4.79 Å². The summed E-state index contributed by atoms with van der Waals surface area (Å²) in [4.78, 5) is 25.5. The van der Waals surface area contributed by atoms with Crippen LogP contribution in [-0.4, -0.2) is 75.3 Å². The van der Waals surface area contributed by atoms with E-state index in [9.17, 15) is 4.79 Å². The number of ether oxygens (including phenoxy) is 2. The Bertz CT molecular complexity index is 1620. The van der Waals surface area contributed by atoms with E-state index in [0.29, 0.717) is 42.8 Å². The van der Waals surface area contributed by atoms with Crippen LogP contribution in [0.4, 0.5) is 27.4 Å². The molecule has 1 unspecified atom stereocenters. The van der Waals surface area contributed by atoms with Crippen LogP contribution in [0.1, 0.15) is 49.4 Å². The number of methoxy groups -OCH3 is 1. The van der Waals surface area contributed by atoms with E-state index in [2.05, 4.69) is 47.0 Å². The standard InChI is InChI=1S/C35H43FN6O3/c1-8-31(43)38-27-16-28(30(44-7)17-29(27)42(6)14-13-41(4)5)39-34-37-19-26(36)33(40-34)32-23-15-22(18-35(2,3)21-45-20-23)24-11-9-10-12-25(24)32/h8-12,16-17,19,22H,1,13-15,18,20-21H2,2-7H3,(H,38,43)(H,37,39,40). The third-order valence-electron chi connectivity index (χ3n) is 8.37. The maximum absolute atomic E-state index is 15.7. The minimum atomic E-state index is -0.512. The molecule has 3 aromatic rings. The number of benzene rings is 2. The Kier molecular flexibility index (Phi) is 9.55. The highest BCUT2D eigenvalue weighted by atomic mass is 19.1. The van der Waals surface area contributed by atoms with Crippen molar-refractivity contribution in [1.29, 1.82) is 0 Å². The number of anilines is 4. The second-order valence-corrected chi connectivity index (χ2v) is 12.8. The number of nitrogens with zero attached hydrogens (tertiary/aromatic N) is 4. The first-order chi connectivity index (χ1) is 21.5. The molecule has 0 radical (unpaired) electrons. The van der Waals surface area contributed by atoms with Gasteiger partial charge in [0.1, 0.15) is 11.4 Å². The molecular weight excluding hydrogens is 571 g/mol. The molecular formula is C35H43FN6O3. The number of amides is 1. The lowest BCUT2D eigenvalue weighted by molar-refractivity contribution is -0.111. The second-order valence-electron chi connectivity index (χ2n) is 12.8. The van der Waals surface area contributed by atoms with E-state index in [1.807, 2.05) is 50.3 Å². The molecule has 1 aliphatic carbocycles. The zero-order valence-electron chi connectivity index (χ0n) is 27.0. The minimum Gasteiger partial charge on any atom is -0.494 e. The molecule has 2 heterocycles. The average Bonchev–Trinajstić information content (AvgIpc) is 3.00. The predicted molar refractivity (Wildman–Crippen MR) is 178 cm³/mol. The van der Waals surface area contributed by atoms with Crippen LogP contribution < -0.4 is 20.3 Å². The molecule has 5 rings (SSSR count). The Morgan fingerprint density at radius 1 is 1.20 bits per heavy atom. The summed E-state index contributed by atoms with van der Waals surface area (Å²) in [7, 11) is 7.53. The summed E-state index contributed by atoms with van der Waals surface area (Å²) < 4.78 is 27.6. The summed E-state index contributed by atoms with van der Waals surface area (Å²) in [5, 5.41) is 6.12. The Hall–Kier alpha value is -4.28. The second kappa shape index (κ2) is 13.4. The summed E-state index contributed by atoms with van der Waals surface area (Å²) >= 11 is 0. The van der Waals surface area contributed by atoms with Gasteiger partial charge in [-0.1, -0.05) is 44.7 Å². The number of carbonyl (C=O) groups is 1. The molecule has 2 N–H and O–H groups in total. The van der Waals surface area contributed by atoms with Crippen LogP contribution in [0.25, 0.3) is 5.57 Å². The van der Waals surface area contributed by atoms with Crippen molar-refractivity contribution in [3.05, 3.63) is 83.5 Å². The number of rotatable bonds is 10. The lowest BCUT2D eigenvalue weighted by Gasteiger charge is -2.38. The van der Waals surface area contributed by atoms with E-state index < -0.39 is 5.82 Å². The van der Waals surface area contributed by atoms with Gasteiger partial charge in [-0.25, -0.2) is 14.4 Å². The normalized spacial score (nSPS) is 17.2. The zero-order chi connectivity index (χ0) is 32.3. The smallest absolute Gasteiger partial charge is 0.247 e. The van der Waals surface area contributed by atoms with Crippen molar-refractivity contribution in [2.24, 2.45) is 5.41 Å². The molecule has 2 bridgehead atoms. The quantitative estimate of drug-likeness (QED) is 0.260. The molecule has 9 nitrogen and oxygen atoms in total. The van der Waals surface area contributed by atoms with E-state index >= 15 is 4.39 Å². The van der Waals surface area contributed by atoms with E-state index in [-0.39, 0.29) is 23.0 Å². The van der Waals surface area contributed by atoms with Gasteiger partial charge >= 0.3 is 0 Å². The molecule has 1 aromatic heterocycles. The van der Waals surface area contributed by atoms with E-state index in [4.69, 9.17) is 14.5 Å². The van der Waals surface area contributed by atoms with Crippen LogP contribution in [-0.2, 0) is 9.53 Å². The minimum absolute atomic E-state index is 0.0395. The van der Waals surface area contributed by atoms with Crippen molar-refractivity contribution in [2.45, 2.75) is 32.6 Å². The number of carbonyl (C=O) groups excluding carboxylic acids is 1. The van der Waals surface area contributed by atoms with E-state index in [1.165, 1.54) is 17.8 Å². The van der Waals surface area contributed by atoms with Gasteiger partial charge < -0.3 is 29.9 Å². The molecule has 1 saturated heterocycles. The maximum atomic E-state index is 15.7. The number of halogens is 1. The fraction of sp³-hybridized carbons (Fsp3) is 0.400. The monoisotopic (exact) mass is 614 g/mol. The van der Waals surface area contributed by atoms with Gasteiger partial charge in [0.05, 0.1) is 43.6 Å². The molecule has 0 spiro atoms. The van der Waals surface area contributed by atoms with Crippen LogP contribution in [0.3, 0.4) is 0 Å². The first-order valence-corrected chi connectivity index (χ1v) is 15.2. The lowest BCUT2D eigenvalue weighted by Crippen LogP contribution is -2.29. The van der Waals surface area contributed by atoms with Crippen LogP contribution in [0, 0.1) is 11.2 Å². The number of likely N-dealkylation sites (N-methyl/N-ethyl adjacent to an activating group) is 2. The molecule has 238 valence electrons. The maximum Gasteiger partial charge on any atom is 0.247 e. The van der Waals surface area contributed by atoms with Crippen molar-refractivity contribution >= 4 is 34.5 Å². The first kappa shape index (κ1) is 32.1. The van der Waals surface area contributed by atoms with Gasteiger partial charge in [0, 0.05) is 31.8 Å². The van der Waals surface area contributed by atoms with Crippen molar-refractivity contribution in [2.75, 3.05) is 70.1 Å². The molecule has 10 heteroatoms. The number of fused-ring (bicyclic) bond motifs is 4. The summed E-state index contributed by atoms with van der Waals surface area (Å²) in [6.07, 6.45) is 4.17.